The summed E-state index contributed by atoms with van der Waals surface area (Å²) in [6, 6.07) is 23.9. The van der Waals surface area contributed by atoms with Crippen LogP contribution in [0.4, 0.5) is 5.69 Å². The molecule has 0 bridgehead atoms. The number of thioether (sulfide) groups is 1. The standard InChI is InChI=1S/C26H22N6O3S/c33-23-15-14-22(31-32(23)19-6-2-1-3-7-19)25(35)30-29-24(34)18-12-10-17(11-13-18)16-36-26-27-20-8-4-5-9-21(20)28-26/h1-13H,14-16H2,(H,27,28)(H,29,34)(H,30,35). The molecule has 10 heteroatoms. The summed E-state index contributed by atoms with van der Waals surface area (Å²) in [6.45, 7) is 0. The summed E-state index contributed by atoms with van der Waals surface area (Å²) in [5, 5.41) is 6.22. The van der Waals surface area contributed by atoms with Crippen molar-refractivity contribution in [1.82, 2.24) is 20.8 Å². The van der Waals surface area contributed by atoms with E-state index in [-0.39, 0.29) is 24.5 Å². The van der Waals surface area contributed by atoms with Crippen LogP contribution >= 0.6 is 11.8 Å². The Morgan fingerprint density at radius 3 is 2.39 bits per heavy atom. The summed E-state index contributed by atoms with van der Waals surface area (Å²) in [4.78, 5) is 45.1. The van der Waals surface area contributed by atoms with Crippen LogP contribution < -0.4 is 15.9 Å². The molecule has 180 valence electrons. The van der Waals surface area contributed by atoms with Gasteiger partial charge in [0.1, 0.15) is 5.71 Å². The van der Waals surface area contributed by atoms with E-state index in [1.165, 1.54) is 5.01 Å². The van der Waals surface area contributed by atoms with Crippen molar-refractivity contribution >= 4 is 51.9 Å². The molecule has 0 saturated heterocycles. The highest BCUT2D eigenvalue weighted by Gasteiger charge is 2.25. The van der Waals surface area contributed by atoms with Gasteiger partial charge in [-0.15, -0.1) is 0 Å². The van der Waals surface area contributed by atoms with Crippen LogP contribution in [0, 0.1) is 0 Å². The number of anilines is 1. The highest BCUT2D eigenvalue weighted by molar-refractivity contribution is 7.98. The summed E-state index contributed by atoms with van der Waals surface area (Å²) in [7, 11) is 0. The van der Waals surface area contributed by atoms with E-state index < -0.39 is 11.8 Å². The van der Waals surface area contributed by atoms with Crippen LogP contribution in [0.5, 0.6) is 0 Å². The summed E-state index contributed by atoms with van der Waals surface area (Å²) in [5.41, 5.74) is 8.89. The molecule has 0 fully saturated rings. The number of hydrogen-bond donors (Lipinski definition) is 3. The van der Waals surface area contributed by atoms with Gasteiger partial charge in [-0.25, -0.2) is 9.99 Å². The number of para-hydroxylation sites is 3. The number of rotatable bonds is 6. The monoisotopic (exact) mass is 498 g/mol. The number of nitrogens with zero attached hydrogens (tertiary/aromatic N) is 3. The van der Waals surface area contributed by atoms with Crippen LogP contribution in [0.3, 0.4) is 0 Å². The van der Waals surface area contributed by atoms with Gasteiger partial charge in [0, 0.05) is 24.2 Å². The van der Waals surface area contributed by atoms with Crippen LogP contribution in [0.1, 0.15) is 28.8 Å². The minimum atomic E-state index is -0.560. The number of amides is 3. The number of hydrogen-bond acceptors (Lipinski definition) is 6. The van der Waals surface area contributed by atoms with Crippen molar-refractivity contribution in [2.24, 2.45) is 5.10 Å². The lowest BCUT2D eigenvalue weighted by Crippen LogP contribution is -2.47. The van der Waals surface area contributed by atoms with Gasteiger partial charge in [0.05, 0.1) is 16.7 Å². The maximum atomic E-state index is 12.5. The van der Waals surface area contributed by atoms with Gasteiger partial charge >= 0.3 is 0 Å². The number of aromatic amines is 1. The fourth-order valence-electron chi connectivity index (χ4n) is 3.65. The molecule has 9 nitrogen and oxygen atoms in total. The first-order chi connectivity index (χ1) is 17.6. The molecular weight excluding hydrogens is 476 g/mol. The SMILES string of the molecule is O=C(NNC(=O)c1ccc(CSc2nc3ccccc3[nH]2)cc1)C1=NN(c2ccccc2)C(=O)CC1. The number of imidazole rings is 1. The van der Waals surface area contributed by atoms with Gasteiger partial charge in [-0.05, 0) is 42.0 Å². The zero-order chi connectivity index (χ0) is 24.9. The van der Waals surface area contributed by atoms with Gasteiger partial charge in [-0.2, -0.15) is 5.10 Å². The average molecular weight is 499 g/mol. The third kappa shape index (κ3) is 5.28. The Hall–Kier alpha value is -4.44. The predicted molar refractivity (Wildman–Crippen MR) is 138 cm³/mol. The van der Waals surface area contributed by atoms with Gasteiger partial charge in [-0.1, -0.05) is 54.2 Å². The van der Waals surface area contributed by atoms with E-state index in [9.17, 15) is 14.4 Å². The maximum absolute atomic E-state index is 12.5. The molecule has 0 unspecified atom stereocenters. The van der Waals surface area contributed by atoms with Crippen molar-refractivity contribution in [3.63, 3.8) is 0 Å². The highest BCUT2D eigenvalue weighted by Crippen LogP contribution is 2.23. The third-order valence-corrected chi connectivity index (χ3v) is 6.49. The third-order valence-electron chi connectivity index (χ3n) is 5.54. The molecule has 2 heterocycles. The molecule has 1 aromatic heterocycles. The molecule has 0 spiro atoms. The van der Waals surface area contributed by atoms with E-state index in [1.54, 1.807) is 48.2 Å². The van der Waals surface area contributed by atoms with Gasteiger partial charge < -0.3 is 4.98 Å². The molecule has 36 heavy (non-hydrogen) atoms. The first-order valence-corrected chi connectivity index (χ1v) is 12.3. The molecule has 3 amide bonds. The number of benzene rings is 3. The minimum Gasteiger partial charge on any atom is -0.333 e. The van der Waals surface area contributed by atoms with Crippen molar-refractivity contribution in [3.05, 3.63) is 90.0 Å². The molecule has 3 N–H and O–H groups in total. The average Bonchev–Trinajstić information content (AvgIpc) is 3.34. The summed E-state index contributed by atoms with van der Waals surface area (Å²) in [6.07, 6.45) is 0.351. The van der Waals surface area contributed by atoms with Gasteiger partial charge in [-0.3, -0.25) is 25.2 Å². The van der Waals surface area contributed by atoms with E-state index in [0.717, 1.165) is 21.8 Å². The normalized spacial score (nSPS) is 13.4. The highest BCUT2D eigenvalue weighted by atomic mass is 32.2. The van der Waals surface area contributed by atoms with E-state index >= 15 is 0 Å². The minimum absolute atomic E-state index is 0.155. The number of hydrazine groups is 1. The Balaban J connectivity index is 1.15. The lowest BCUT2D eigenvalue weighted by Gasteiger charge is -2.23. The Bertz CT molecular complexity index is 1420. The molecule has 3 aromatic carbocycles. The van der Waals surface area contributed by atoms with Crippen LogP contribution in [0.25, 0.3) is 11.0 Å². The van der Waals surface area contributed by atoms with Crippen molar-refractivity contribution in [2.45, 2.75) is 23.8 Å². The molecule has 0 atom stereocenters. The van der Waals surface area contributed by atoms with Crippen molar-refractivity contribution in [3.8, 4) is 0 Å². The zero-order valence-electron chi connectivity index (χ0n) is 19.1. The zero-order valence-corrected chi connectivity index (χ0v) is 19.9. The molecule has 0 radical (unpaired) electrons. The Morgan fingerprint density at radius 1 is 0.889 bits per heavy atom. The lowest BCUT2D eigenvalue weighted by atomic mass is 10.1. The summed E-state index contributed by atoms with van der Waals surface area (Å²) in [5.74, 6) is -0.516. The summed E-state index contributed by atoms with van der Waals surface area (Å²) >= 11 is 1.58. The maximum Gasteiger partial charge on any atom is 0.285 e. The second-order valence-corrected chi connectivity index (χ2v) is 9.00. The lowest BCUT2D eigenvalue weighted by molar-refractivity contribution is -0.119. The Morgan fingerprint density at radius 2 is 1.61 bits per heavy atom. The number of carbonyl (C=O) groups is 3. The van der Waals surface area contributed by atoms with E-state index in [2.05, 4.69) is 25.9 Å². The molecule has 1 aliphatic heterocycles. The molecule has 4 aromatic rings. The smallest absolute Gasteiger partial charge is 0.285 e. The molecule has 0 aliphatic carbocycles. The van der Waals surface area contributed by atoms with Gasteiger partial charge in [0.2, 0.25) is 5.91 Å². The molecular formula is C26H22N6O3S. The van der Waals surface area contributed by atoms with Crippen LogP contribution in [-0.4, -0.2) is 33.4 Å². The van der Waals surface area contributed by atoms with Crippen LogP contribution in [-0.2, 0) is 15.3 Å². The number of H-pyrrole nitrogens is 1. The number of nitrogens with one attached hydrogen (secondary N) is 3. The number of fused-ring (bicyclic) bond motifs is 1. The van der Waals surface area contributed by atoms with Crippen LogP contribution in [0.15, 0.2) is 89.1 Å². The fraction of sp³-hybridized carbons (Fsp3) is 0.115. The predicted octanol–water partition coefficient (Wildman–Crippen LogP) is 3.80. The second-order valence-electron chi connectivity index (χ2n) is 8.04. The van der Waals surface area contributed by atoms with Gasteiger partial charge in [0.15, 0.2) is 5.16 Å². The Labute approximate surface area is 211 Å². The first kappa shape index (κ1) is 23.3. The van der Waals surface area contributed by atoms with Crippen molar-refractivity contribution < 1.29 is 14.4 Å². The number of aromatic nitrogens is 2. The number of carbonyl (C=O) groups excluding carboxylic acids is 3. The van der Waals surface area contributed by atoms with Gasteiger partial charge in [0.25, 0.3) is 11.8 Å². The fourth-order valence-corrected chi connectivity index (χ4v) is 4.49. The number of hydrazone groups is 1. The Kier molecular flexibility index (Phi) is 6.76. The van der Waals surface area contributed by atoms with Crippen molar-refractivity contribution in [2.75, 3.05) is 5.01 Å². The largest absolute Gasteiger partial charge is 0.333 e. The van der Waals surface area contributed by atoms with Crippen molar-refractivity contribution in [1.29, 1.82) is 0 Å². The van der Waals surface area contributed by atoms with E-state index in [4.69, 9.17) is 0 Å². The summed E-state index contributed by atoms with van der Waals surface area (Å²) < 4.78 is 0. The second kappa shape index (κ2) is 10.4. The van der Waals surface area contributed by atoms with E-state index in [1.807, 2.05) is 42.5 Å². The molecule has 1 aliphatic rings. The molecule has 5 rings (SSSR count). The quantitative estimate of drug-likeness (QED) is 0.276. The topological polar surface area (TPSA) is 120 Å². The molecule has 0 saturated carbocycles. The van der Waals surface area contributed by atoms with E-state index in [0.29, 0.717) is 17.0 Å². The first-order valence-electron chi connectivity index (χ1n) is 11.3. The van der Waals surface area contributed by atoms with Crippen LogP contribution in [0.2, 0.25) is 0 Å².